The molecule has 0 amide bonds. The van der Waals surface area contributed by atoms with E-state index in [0.29, 0.717) is 92.7 Å². The minimum atomic E-state index is 0.483. The first kappa shape index (κ1) is 25.4. The van der Waals surface area contributed by atoms with Crippen LogP contribution in [0, 0.1) is 0 Å². The summed E-state index contributed by atoms with van der Waals surface area (Å²) in [4.78, 5) is 7.88. The number of hydrogen-bond acceptors (Lipinski definition) is 9. The summed E-state index contributed by atoms with van der Waals surface area (Å²) in [5, 5.41) is 0. The highest BCUT2D eigenvalue weighted by atomic mass is 16.6. The van der Waals surface area contributed by atoms with E-state index in [1.165, 1.54) is 0 Å². The van der Waals surface area contributed by atoms with Crippen molar-refractivity contribution in [1.82, 2.24) is 19.1 Å². The predicted molar refractivity (Wildman–Crippen MR) is 110 cm³/mol. The highest BCUT2D eigenvalue weighted by Crippen LogP contribution is 1.89. The highest BCUT2D eigenvalue weighted by molar-refractivity contribution is 4.72. The Morgan fingerprint density at radius 2 is 0.710 bits per heavy atom. The lowest BCUT2D eigenvalue weighted by molar-refractivity contribution is -0.0262. The molecule has 0 unspecified atom stereocenters. The van der Waals surface area contributed by atoms with Crippen molar-refractivity contribution < 1.29 is 33.2 Å². The molecule has 2 aromatic rings. The maximum atomic E-state index is 5.44. The van der Waals surface area contributed by atoms with E-state index in [4.69, 9.17) is 33.2 Å². The summed E-state index contributed by atoms with van der Waals surface area (Å²) in [6.45, 7) is 7.36. The van der Waals surface area contributed by atoms with E-state index in [9.17, 15) is 0 Å². The maximum absolute atomic E-state index is 5.44. The van der Waals surface area contributed by atoms with Gasteiger partial charge in [0.15, 0.2) is 0 Å². The van der Waals surface area contributed by atoms with Crippen LogP contribution < -0.4 is 0 Å². The fraction of sp³-hybridized carbons (Fsp3) is 0.700. The summed E-state index contributed by atoms with van der Waals surface area (Å²) in [6, 6.07) is 0. The van der Waals surface area contributed by atoms with Crippen molar-refractivity contribution in [3.8, 4) is 0 Å². The van der Waals surface area contributed by atoms with Crippen molar-refractivity contribution in [3.05, 3.63) is 37.4 Å². The summed E-state index contributed by atoms with van der Waals surface area (Å²) in [5.74, 6) is 0. The van der Waals surface area contributed by atoms with E-state index in [1.807, 2.05) is 21.5 Å². The lowest BCUT2D eigenvalue weighted by Gasteiger charge is -2.08. The Balaban J connectivity index is 1.18. The van der Waals surface area contributed by atoms with Crippen LogP contribution in [0.25, 0.3) is 0 Å². The molecule has 176 valence electrons. The molecule has 11 heteroatoms. The molecule has 0 aliphatic carbocycles. The minimum Gasteiger partial charge on any atom is -0.377 e. The smallest absolute Gasteiger partial charge is 0.123 e. The zero-order valence-corrected chi connectivity index (χ0v) is 18.0. The number of ether oxygens (including phenoxy) is 7. The normalized spacial score (nSPS) is 11.4. The van der Waals surface area contributed by atoms with Gasteiger partial charge in [0.05, 0.1) is 91.9 Å². The van der Waals surface area contributed by atoms with Gasteiger partial charge in [-0.1, -0.05) is 0 Å². The van der Waals surface area contributed by atoms with Gasteiger partial charge < -0.3 is 42.3 Å². The Labute approximate surface area is 183 Å². The lowest BCUT2D eigenvalue weighted by atomic mass is 10.7. The molecule has 0 N–H and O–H groups in total. The molecule has 2 rings (SSSR count). The van der Waals surface area contributed by atoms with Crippen molar-refractivity contribution in [2.24, 2.45) is 0 Å². The fourth-order valence-electron chi connectivity index (χ4n) is 2.28. The number of rotatable bonds is 22. The van der Waals surface area contributed by atoms with Crippen molar-refractivity contribution in [1.29, 1.82) is 0 Å². The molecule has 0 saturated carbocycles. The SMILES string of the molecule is c1cn(COCCOCCOCCOCCOCCOCCOCn2ccnc2)cn1. The summed E-state index contributed by atoms with van der Waals surface area (Å²) in [7, 11) is 0. The zero-order valence-electron chi connectivity index (χ0n) is 18.0. The Morgan fingerprint density at radius 3 is 0.968 bits per heavy atom. The van der Waals surface area contributed by atoms with E-state index >= 15 is 0 Å². The second kappa shape index (κ2) is 18.9. The van der Waals surface area contributed by atoms with Gasteiger partial charge in [-0.05, 0) is 0 Å². The standard InChI is InChI=1S/C20H34N4O7/c1-3-23(17-21-1)19-30-15-13-28-11-9-26-7-5-25-6-8-27-10-12-29-14-16-31-20-24-4-2-22-18-24/h1-4,17-18H,5-16,19-20H2. The van der Waals surface area contributed by atoms with Gasteiger partial charge in [0.1, 0.15) is 13.5 Å². The van der Waals surface area contributed by atoms with Crippen LogP contribution in [0.15, 0.2) is 37.4 Å². The van der Waals surface area contributed by atoms with Crippen LogP contribution in [0.5, 0.6) is 0 Å². The third-order valence-corrected chi connectivity index (χ3v) is 3.83. The molecule has 31 heavy (non-hydrogen) atoms. The molecule has 0 bridgehead atoms. The van der Waals surface area contributed by atoms with Gasteiger partial charge in [-0.15, -0.1) is 0 Å². The summed E-state index contributed by atoms with van der Waals surface area (Å²) < 4.78 is 41.7. The van der Waals surface area contributed by atoms with Crippen molar-refractivity contribution in [3.63, 3.8) is 0 Å². The van der Waals surface area contributed by atoms with Gasteiger partial charge >= 0.3 is 0 Å². The number of aromatic nitrogens is 4. The van der Waals surface area contributed by atoms with Crippen LogP contribution >= 0.6 is 0 Å². The molecule has 0 spiro atoms. The summed E-state index contributed by atoms with van der Waals surface area (Å²) in [5.41, 5.74) is 0. The van der Waals surface area contributed by atoms with Crippen molar-refractivity contribution >= 4 is 0 Å². The molecular weight excluding hydrogens is 408 g/mol. The van der Waals surface area contributed by atoms with Gasteiger partial charge in [0, 0.05) is 24.8 Å². The third kappa shape index (κ3) is 14.7. The molecule has 0 atom stereocenters. The molecule has 0 aliphatic rings. The third-order valence-electron chi connectivity index (χ3n) is 3.83. The Hall–Kier alpha value is -1.86. The van der Waals surface area contributed by atoms with E-state index in [2.05, 4.69) is 9.97 Å². The lowest BCUT2D eigenvalue weighted by Crippen LogP contribution is -2.14. The van der Waals surface area contributed by atoms with Crippen LogP contribution in [-0.4, -0.2) is 98.4 Å². The molecular formula is C20H34N4O7. The molecule has 0 aliphatic heterocycles. The predicted octanol–water partition coefficient (Wildman–Crippen LogP) is 0.811. The number of nitrogens with zero attached hydrogens (tertiary/aromatic N) is 4. The molecule has 0 fully saturated rings. The van der Waals surface area contributed by atoms with E-state index in [0.717, 1.165) is 0 Å². The van der Waals surface area contributed by atoms with Crippen LogP contribution in [0.3, 0.4) is 0 Å². The van der Waals surface area contributed by atoms with Crippen LogP contribution in [0.1, 0.15) is 0 Å². The Bertz CT molecular complexity index is 546. The average molecular weight is 443 g/mol. The molecule has 0 aromatic carbocycles. The highest BCUT2D eigenvalue weighted by Gasteiger charge is 1.95. The van der Waals surface area contributed by atoms with Crippen molar-refractivity contribution in [2.75, 3.05) is 79.3 Å². The molecule has 11 nitrogen and oxygen atoms in total. The Morgan fingerprint density at radius 1 is 0.419 bits per heavy atom. The maximum Gasteiger partial charge on any atom is 0.123 e. The monoisotopic (exact) mass is 442 g/mol. The summed E-state index contributed by atoms with van der Waals surface area (Å²) >= 11 is 0. The minimum absolute atomic E-state index is 0.483. The molecule has 0 radical (unpaired) electrons. The fourth-order valence-corrected chi connectivity index (χ4v) is 2.28. The largest absolute Gasteiger partial charge is 0.377 e. The van der Waals surface area contributed by atoms with Gasteiger partial charge in [0.2, 0.25) is 0 Å². The molecule has 2 aromatic heterocycles. The first-order chi connectivity index (χ1) is 15.4. The van der Waals surface area contributed by atoms with E-state index in [1.54, 1.807) is 25.0 Å². The first-order valence-corrected chi connectivity index (χ1v) is 10.4. The van der Waals surface area contributed by atoms with Gasteiger partial charge in [-0.3, -0.25) is 0 Å². The number of hydrogen-bond donors (Lipinski definition) is 0. The molecule has 2 heterocycles. The Kier molecular flexibility index (Phi) is 15.5. The number of imidazole rings is 2. The van der Waals surface area contributed by atoms with Crippen LogP contribution in [-0.2, 0) is 46.6 Å². The summed E-state index contributed by atoms with van der Waals surface area (Å²) in [6.07, 6.45) is 10.5. The van der Waals surface area contributed by atoms with Crippen LogP contribution in [0.4, 0.5) is 0 Å². The van der Waals surface area contributed by atoms with Gasteiger partial charge in [-0.25, -0.2) is 9.97 Å². The second-order valence-corrected chi connectivity index (χ2v) is 6.29. The van der Waals surface area contributed by atoms with E-state index in [-0.39, 0.29) is 0 Å². The first-order valence-electron chi connectivity index (χ1n) is 10.4. The quantitative estimate of drug-likeness (QED) is 0.245. The second-order valence-electron chi connectivity index (χ2n) is 6.29. The van der Waals surface area contributed by atoms with Gasteiger partial charge in [0.25, 0.3) is 0 Å². The van der Waals surface area contributed by atoms with Crippen molar-refractivity contribution in [2.45, 2.75) is 13.5 Å². The van der Waals surface area contributed by atoms with Gasteiger partial charge in [-0.2, -0.15) is 0 Å². The average Bonchev–Trinajstić information content (AvgIpc) is 3.49. The van der Waals surface area contributed by atoms with Crippen LogP contribution in [0.2, 0.25) is 0 Å². The molecule has 0 saturated heterocycles. The zero-order chi connectivity index (χ0) is 21.7. The topological polar surface area (TPSA) is 100 Å². The van der Waals surface area contributed by atoms with E-state index < -0.39 is 0 Å².